The van der Waals surface area contributed by atoms with Crippen molar-refractivity contribution in [3.05, 3.63) is 35.5 Å². The summed E-state index contributed by atoms with van der Waals surface area (Å²) >= 11 is 0. The van der Waals surface area contributed by atoms with Gasteiger partial charge in [0.05, 0.1) is 5.60 Å². The highest BCUT2D eigenvalue weighted by atomic mass is 19.2. The van der Waals surface area contributed by atoms with Crippen molar-refractivity contribution < 1.29 is 14.6 Å². The first-order chi connectivity index (χ1) is 13.9. The molecule has 30 heavy (non-hydrogen) atoms. The van der Waals surface area contributed by atoms with E-state index in [9.17, 15) is 14.6 Å². The molecule has 0 bridgehead atoms. The van der Waals surface area contributed by atoms with Gasteiger partial charge in [-0.05, 0) is 87.5 Å². The molecule has 2 nitrogen and oxygen atoms in total. The number of rotatable bonds is 6. The number of hydrogen-bond acceptors (Lipinski definition) is 2. The lowest BCUT2D eigenvalue weighted by Crippen LogP contribution is -2.36. The Morgan fingerprint density at radius 3 is 2.67 bits per heavy atom. The van der Waals surface area contributed by atoms with Crippen LogP contribution in [0.15, 0.2) is 35.5 Å². The van der Waals surface area contributed by atoms with Gasteiger partial charge in [-0.3, -0.25) is 0 Å². The van der Waals surface area contributed by atoms with Crippen LogP contribution in [0.5, 0.6) is 0 Å². The number of allylic oxidation sites excluding steroid dienone is 4. The molecule has 3 saturated carbocycles. The van der Waals surface area contributed by atoms with Gasteiger partial charge >= 0.3 is 0 Å². The molecule has 0 saturated heterocycles. The highest BCUT2D eigenvalue weighted by molar-refractivity contribution is 5.37. The van der Waals surface area contributed by atoms with Gasteiger partial charge in [-0.15, -0.1) is 0 Å². The molecule has 3 fully saturated rings. The monoisotopic (exact) mass is 418 g/mol. The maximum atomic E-state index is 14.1. The van der Waals surface area contributed by atoms with Crippen molar-refractivity contribution in [1.82, 2.24) is 0 Å². The molecule has 0 aliphatic heterocycles. The summed E-state index contributed by atoms with van der Waals surface area (Å²) < 4.78 is 14.1. The minimum atomic E-state index is -2.08. The van der Waals surface area contributed by atoms with Crippen molar-refractivity contribution in [2.24, 2.45) is 23.2 Å². The standard InChI is InChI=1S/C27H43FO2/c1-19-14-17-27(28,30)18-22(19)11-10-21-9-7-16-26(5)23(12-13-24(21)26)20(2)8-6-15-25(3,4)29/h10-11,20,23-24,29-30H,1,6-9,12-18H2,2-5H3/b21-10?,22-11-/t20-,23-,24?,26-,27+/m1/s1. The highest BCUT2D eigenvalue weighted by Crippen LogP contribution is 2.60. The second kappa shape index (κ2) is 8.90. The van der Waals surface area contributed by atoms with E-state index in [4.69, 9.17) is 0 Å². The molecule has 170 valence electrons. The van der Waals surface area contributed by atoms with Crippen molar-refractivity contribution >= 4 is 0 Å². The maximum Gasteiger partial charge on any atom is 0.211 e. The van der Waals surface area contributed by atoms with Gasteiger partial charge in [-0.2, -0.15) is 0 Å². The van der Waals surface area contributed by atoms with Crippen molar-refractivity contribution in [3.8, 4) is 0 Å². The van der Waals surface area contributed by atoms with E-state index in [1.807, 2.05) is 19.9 Å². The van der Waals surface area contributed by atoms with Crippen molar-refractivity contribution in [3.63, 3.8) is 0 Å². The number of alkyl halides is 1. The molecule has 0 heterocycles. The van der Waals surface area contributed by atoms with E-state index in [0.717, 1.165) is 36.3 Å². The fourth-order valence-corrected chi connectivity index (χ4v) is 6.66. The lowest BCUT2D eigenvalue weighted by atomic mass is 9.60. The molecule has 0 spiro atoms. The Bertz CT molecular complexity index is 696. The third-order valence-electron chi connectivity index (χ3n) is 8.40. The Labute approximate surface area is 183 Å². The first kappa shape index (κ1) is 23.7. The van der Waals surface area contributed by atoms with Crippen LogP contribution in [0, 0.1) is 23.2 Å². The molecule has 0 amide bonds. The normalized spacial score (nSPS) is 38.8. The van der Waals surface area contributed by atoms with Crippen molar-refractivity contribution in [1.29, 1.82) is 0 Å². The molecule has 3 aliphatic carbocycles. The van der Waals surface area contributed by atoms with Gasteiger partial charge in [0.15, 0.2) is 0 Å². The predicted octanol–water partition coefficient (Wildman–Crippen LogP) is 7.03. The topological polar surface area (TPSA) is 40.5 Å². The summed E-state index contributed by atoms with van der Waals surface area (Å²) in [6, 6.07) is 0. The van der Waals surface area contributed by atoms with E-state index in [1.54, 1.807) is 0 Å². The Morgan fingerprint density at radius 1 is 1.23 bits per heavy atom. The molecule has 2 N–H and O–H groups in total. The molecular formula is C27H43FO2. The molecule has 3 heteroatoms. The zero-order chi connectivity index (χ0) is 22.2. The SMILES string of the molecule is C=C1CC[C@@](O)(F)C/C1=C/C=C1CCC[C@@]2(C)C1CC[C@@H]2[C@H](C)CCCC(C)(C)O. The van der Waals surface area contributed by atoms with Gasteiger partial charge in [0.1, 0.15) is 0 Å². The molecule has 3 rings (SSSR count). The smallest absolute Gasteiger partial charge is 0.211 e. The summed E-state index contributed by atoms with van der Waals surface area (Å²) in [6.45, 7) is 12.8. The average Bonchev–Trinajstić information content (AvgIpc) is 2.99. The second-order valence-corrected chi connectivity index (χ2v) is 11.4. The van der Waals surface area contributed by atoms with Crippen LogP contribution in [0.3, 0.4) is 0 Å². The van der Waals surface area contributed by atoms with Crippen LogP contribution in [0.25, 0.3) is 0 Å². The Morgan fingerprint density at radius 2 is 1.97 bits per heavy atom. The van der Waals surface area contributed by atoms with Gasteiger partial charge in [-0.25, -0.2) is 4.39 Å². The van der Waals surface area contributed by atoms with Crippen molar-refractivity contribution in [2.45, 2.75) is 110 Å². The van der Waals surface area contributed by atoms with Gasteiger partial charge in [0.2, 0.25) is 5.85 Å². The van der Waals surface area contributed by atoms with E-state index in [2.05, 4.69) is 26.5 Å². The minimum Gasteiger partial charge on any atom is -0.390 e. The van der Waals surface area contributed by atoms with Crippen LogP contribution >= 0.6 is 0 Å². The maximum absolute atomic E-state index is 14.1. The molecule has 0 aromatic rings. The molecule has 5 atom stereocenters. The number of hydrogen-bond donors (Lipinski definition) is 2. The van der Waals surface area contributed by atoms with E-state index in [-0.39, 0.29) is 12.8 Å². The van der Waals surface area contributed by atoms with Gasteiger partial charge in [0, 0.05) is 12.8 Å². The van der Waals surface area contributed by atoms with Gasteiger partial charge in [0.25, 0.3) is 0 Å². The first-order valence-corrected chi connectivity index (χ1v) is 12.1. The number of aliphatic hydroxyl groups is 2. The molecule has 0 aromatic carbocycles. The summed E-state index contributed by atoms with van der Waals surface area (Å²) in [6.07, 6.45) is 14.4. The minimum absolute atomic E-state index is 0.0679. The summed E-state index contributed by atoms with van der Waals surface area (Å²) in [5, 5.41) is 19.9. The lowest BCUT2D eigenvalue weighted by Gasteiger charge is -2.44. The Hall–Kier alpha value is -0.930. The van der Waals surface area contributed by atoms with Crippen LogP contribution in [0.4, 0.5) is 4.39 Å². The predicted molar refractivity (Wildman–Crippen MR) is 123 cm³/mol. The molecule has 3 aliphatic rings. The fourth-order valence-electron chi connectivity index (χ4n) is 6.66. The summed E-state index contributed by atoms with van der Waals surface area (Å²) in [5.41, 5.74) is 3.15. The largest absolute Gasteiger partial charge is 0.390 e. The summed E-state index contributed by atoms with van der Waals surface area (Å²) in [5.74, 6) is -0.0456. The van der Waals surface area contributed by atoms with Gasteiger partial charge < -0.3 is 10.2 Å². The van der Waals surface area contributed by atoms with E-state index in [1.165, 1.54) is 37.7 Å². The fraction of sp³-hybridized carbons (Fsp3) is 0.778. The average molecular weight is 419 g/mol. The lowest BCUT2D eigenvalue weighted by molar-refractivity contribution is -0.0970. The second-order valence-electron chi connectivity index (χ2n) is 11.4. The molecule has 0 radical (unpaired) electrons. The van der Waals surface area contributed by atoms with Gasteiger partial charge in [-0.1, -0.05) is 56.6 Å². The summed E-state index contributed by atoms with van der Waals surface area (Å²) in [4.78, 5) is 0. The highest BCUT2D eigenvalue weighted by Gasteiger charge is 2.50. The molecule has 0 aromatic heterocycles. The van der Waals surface area contributed by atoms with E-state index in [0.29, 0.717) is 23.7 Å². The van der Waals surface area contributed by atoms with Crippen LogP contribution < -0.4 is 0 Å². The Kier molecular flexibility index (Phi) is 7.04. The molecule has 1 unspecified atom stereocenters. The van der Waals surface area contributed by atoms with Crippen LogP contribution in [0.2, 0.25) is 0 Å². The van der Waals surface area contributed by atoms with Crippen LogP contribution in [-0.4, -0.2) is 21.7 Å². The summed E-state index contributed by atoms with van der Waals surface area (Å²) in [7, 11) is 0. The van der Waals surface area contributed by atoms with Crippen LogP contribution in [0.1, 0.15) is 98.3 Å². The third kappa shape index (κ3) is 5.46. The zero-order valence-corrected chi connectivity index (χ0v) is 19.6. The van der Waals surface area contributed by atoms with E-state index < -0.39 is 11.5 Å². The zero-order valence-electron chi connectivity index (χ0n) is 19.6. The van der Waals surface area contributed by atoms with Crippen molar-refractivity contribution in [2.75, 3.05) is 0 Å². The third-order valence-corrected chi connectivity index (χ3v) is 8.40. The first-order valence-electron chi connectivity index (χ1n) is 12.1. The quantitative estimate of drug-likeness (QED) is 0.486. The molecular weight excluding hydrogens is 375 g/mol. The van der Waals surface area contributed by atoms with E-state index >= 15 is 0 Å². The Balaban J connectivity index is 1.70. The number of fused-ring (bicyclic) bond motifs is 1. The van der Waals surface area contributed by atoms with Crippen LogP contribution in [-0.2, 0) is 0 Å². The number of halogens is 1.